The molecule has 0 radical (unpaired) electrons. The summed E-state index contributed by atoms with van der Waals surface area (Å²) in [4.78, 5) is 42.9. The Morgan fingerprint density at radius 1 is 0.889 bits per heavy atom. The molecule has 3 aromatic carbocycles. The van der Waals surface area contributed by atoms with Crippen molar-refractivity contribution in [1.82, 2.24) is 9.80 Å². The van der Waals surface area contributed by atoms with Crippen LogP contribution < -0.4 is 0 Å². The molecule has 36 heavy (non-hydrogen) atoms. The molecule has 6 heteroatoms. The Kier molecular flexibility index (Phi) is 7.95. The number of benzene rings is 3. The number of rotatable bonds is 7. The number of amides is 2. The van der Waals surface area contributed by atoms with E-state index in [4.69, 9.17) is 4.74 Å². The number of nitrogens with zero attached hydrogens (tertiary/aromatic N) is 2. The van der Waals surface area contributed by atoms with Gasteiger partial charge in [-0.05, 0) is 22.8 Å². The zero-order chi connectivity index (χ0) is 25.5. The zero-order valence-corrected chi connectivity index (χ0v) is 20.5. The van der Waals surface area contributed by atoms with E-state index >= 15 is 0 Å². The van der Waals surface area contributed by atoms with E-state index in [0.717, 1.165) is 16.7 Å². The van der Waals surface area contributed by atoms with Gasteiger partial charge in [-0.1, -0.05) is 91.0 Å². The summed E-state index contributed by atoms with van der Waals surface area (Å²) in [5.74, 6) is -1.43. The van der Waals surface area contributed by atoms with Gasteiger partial charge < -0.3 is 14.5 Å². The molecule has 0 unspecified atom stereocenters. The molecule has 1 fully saturated rings. The number of methoxy groups -OCH3 is 1. The molecule has 0 aromatic heterocycles. The van der Waals surface area contributed by atoms with Gasteiger partial charge in [-0.2, -0.15) is 0 Å². The van der Waals surface area contributed by atoms with Gasteiger partial charge >= 0.3 is 5.97 Å². The maximum Gasteiger partial charge on any atom is 0.328 e. The van der Waals surface area contributed by atoms with Gasteiger partial charge in [-0.3, -0.25) is 9.59 Å². The number of ether oxygens (including phenoxy) is 1. The van der Waals surface area contributed by atoms with E-state index in [1.807, 2.05) is 91.0 Å². The Bertz CT molecular complexity index is 1170. The molecular weight excluding hydrogens is 452 g/mol. The van der Waals surface area contributed by atoms with Crippen LogP contribution in [0.15, 0.2) is 97.1 Å². The van der Waals surface area contributed by atoms with Gasteiger partial charge in [0.05, 0.1) is 19.1 Å². The molecule has 184 valence electrons. The summed E-state index contributed by atoms with van der Waals surface area (Å²) in [7, 11) is 3.03. The van der Waals surface area contributed by atoms with E-state index in [-0.39, 0.29) is 24.4 Å². The SMILES string of the molecule is COC(=O)[C@@H]1C[C@H](N(C)C(=O)C=Cc2ccccc2)CN1C(=O)C(c1ccccc1)c1ccccc1. The monoisotopic (exact) mass is 482 g/mol. The highest BCUT2D eigenvalue weighted by molar-refractivity contribution is 5.93. The topological polar surface area (TPSA) is 66.9 Å². The number of hydrogen-bond donors (Lipinski definition) is 0. The molecule has 0 aliphatic carbocycles. The van der Waals surface area contributed by atoms with E-state index in [1.165, 1.54) is 13.2 Å². The molecule has 0 bridgehead atoms. The van der Waals surface area contributed by atoms with Gasteiger partial charge in [0.2, 0.25) is 11.8 Å². The molecule has 6 nitrogen and oxygen atoms in total. The second kappa shape index (κ2) is 11.5. The van der Waals surface area contributed by atoms with Gasteiger partial charge in [-0.25, -0.2) is 4.79 Å². The molecule has 0 N–H and O–H groups in total. The highest BCUT2D eigenvalue weighted by atomic mass is 16.5. The second-order valence-electron chi connectivity index (χ2n) is 8.87. The lowest BCUT2D eigenvalue weighted by Gasteiger charge is -2.28. The smallest absolute Gasteiger partial charge is 0.328 e. The Hall–Kier alpha value is -4.19. The minimum Gasteiger partial charge on any atom is -0.467 e. The first-order valence-electron chi connectivity index (χ1n) is 12.0. The molecule has 0 saturated carbocycles. The Balaban J connectivity index is 1.59. The molecular formula is C30H30N2O4. The summed E-state index contributed by atoms with van der Waals surface area (Å²) in [5, 5.41) is 0. The van der Waals surface area contributed by atoms with Crippen LogP contribution in [0.3, 0.4) is 0 Å². The minimum absolute atomic E-state index is 0.189. The third kappa shape index (κ3) is 5.54. The average Bonchev–Trinajstić information content (AvgIpc) is 3.38. The van der Waals surface area contributed by atoms with Crippen LogP contribution >= 0.6 is 0 Å². The normalized spacial score (nSPS) is 17.4. The van der Waals surface area contributed by atoms with Crippen molar-refractivity contribution in [3.63, 3.8) is 0 Å². The number of likely N-dealkylation sites (tertiary alicyclic amines) is 1. The van der Waals surface area contributed by atoms with Crippen molar-refractivity contribution < 1.29 is 19.1 Å². The first-order chi connectivity index (χ1) is 17.5. The maximum absolute atomic E-state index is 14.0. The van der Waals surface area contributed by atoms with Crippen molar-refractivity contribution in [2.45, 2.75) is 24.4 Å². The van der Waals surface area contributed by atoms with E-state index in [9.17, 15) is 14.4 Å². The Morgan fingerprint density at radius 3 is 1.94 bits per heavy atom. The summed E-state index contributed by atoms with van der Waals surface area (Å²) >= 11 is 0. The molecule has 1 heterocycles. The molecule has 4 rings (SSSR count). The van der Waals surface area contributed by atoms with Crippen LogP contribution in [0.25, 0.3) is 6.08 Å². The number of carbonyl (C=O) groups is 3. The summed E-state index contributed by atoms with van der Waals surface area (Å²) < 4.78 is 5.05. The molecule has 1 saturated heterocycles. The molecule has 1 aliphatic heterocycles. The predicted octanol–water partition coefficient (Wildman–Crippen LogP) is 4.13. The van der Waals surface area contributed by atoms with Gasteiger partial charge in [0.1, 0.15) is 6.04 Å². The van der Waals surface area contributed by atoms with Crippen molar-refractivity contribution in [1.29, 1.82) is 0 Å². The van der Waals surface area contributed by atoms with Crippen molar-refractivity contribution in [3.05, 3.63) is 114 Å². The summed E-state index contributed by atoms with van der Waals surface area (Å²) in [6, 6.07) is 27.5. The first-order valence-corrected chi connectivity index (χ1v) is 12.0. The summed E-state index contributed by atoms with van der Waals surface area (Å²) in [5.41, 5.74) is 2.61. The molecule has 1 aliphatic rings. The van der Waals surface area contributed by atoms with Crippen molar-refractivity contribution in [2.24, 2.45) is 0 Å². The standard InChI is InChI=1S/C30H30N2O4/c1-31(27(33)19-18-22-12-6-3-7-13-22)25-20-26(30(35)36-2)32(21-25)29(34)28(23-14-8-4-9-15-23)24-16-10-5-11-17-24/h3-19,25-26,28H,20-21H2,1-2H3/t25-,26-/m0/s1. The largest absolute Gasteiger partial charge is 0.467 e. The van der Waals surface area contributed by atoms with Gasteiger partial charge in [0.15, 0.2) is 0 Å². The van der Waals surface area contributed by atoms with Crippen LogP contribution in [0.5, 0.6) is 0 Å². The van der Waals surface area contributed by atoms with E-state index in [0.29, 0.717) is 6.42 Å². The lowest BCUT2D eigenvalue weighted by Crippen LogP contribution is -2.44. The number of hydrogen-bond acceptors (Lipinski definition) is 4. The van der Waals surface area contributed by atoms with Crippen LogP contribution in [-0.2, 0) is 19.1 Å². The molecule has 2 amide bonds. The third-order valence-electron chi connectivity index (χ3n) is 6.66. The van der Waals surface area contributed by atoms with Crippen LogP contribution in [0, 0.1) is 0 Å². The number of carbonyl (C=O) groups excluding carboxylic acids is 3. The highest BCUT2D eigenvalue weighted by Crippen LogP contribution is 2.32. The second-order valence-corrected chi connectivity index (χ2v) is 8.87. The summed E-state index contributed by atoms with van der Waals surface area (Å²) in [6.45, 7) is 0.246. The lowest BCUT2D eigenvalue weighted by atomic mass is 9.90. The fourth-order valence-electron chi connectivity index (χ4n) is 4.66. The Morgan fingerprint density at radius 2 is 1.42 bits per heavy atom. The molecule has 0 spiro atoms. The average molecular weight is 483 g/mol. The van der Waals surface area contributed by atoms with Crippen LogP contribution in [-0.4, -0.2) is 60.4 Å². The highest BCUT2D eigenvalue weighted by Gasteiger charge is 2.44. The van der Waals surface area contributed by atoms with E-state index in [2.05, 4.69) is 0 Å². The quantitative estimate of drug-likeness (QED) is 0.375. The van der Waals surface area contributed by atoms with E-state index in [1.54, 1.807) is 22.9 Å². The van der Waals surface area contributed by atoms with Crippen LogP contribution in [0.1, 0.15) is 29.0 Å². The third-order valence-corrected chi connectivity index (χ3v) is 6.66. The zero-order valence-electron chi connectivity index (χ0n) is 20.5. The van der Waals surface area contributed by atoms with Crippen LogP contribution in [0.2, 0.25) is 0 Å². The fraction of sp³-hybridized carbons (Fsp3) is 0.233. The van der Waals surface area contributed by atoms with Crippen molar-refractivity contribution in [2.75, 3.05) is 20.7 Å². The van der Waals surface area contributed by atoms with Gasteiger partial charge in [0.25, 0.3) is 0 Å². The minimum atomic E-state index is -0.768. The predicted molar refractivity (Wildman–Crippen MR) is 139 cm³/mol. The summed E-state index contributed by atoms with van der Waals surface area (Å²) in [6.07, 6.45) is 3.59. The maximum atomic E-state index is 14.0. The Labute approximate surface area is 211 Å². The van der Waals surface area contributed by atoms with Crippen LogP contribution in [0.4, 0.5) is 0 Å². The number of likely N-dealkylation sites (N-methyl/N-ethyl adjacent to an activating group) is 1. The van der Waals surface area contributed by atoms with Gasteiger partial charge in [0, 0.05) is 26.1 Å². The first kappa shape index (κ1) is 24.9. The fourth-order valence-corrected chi connectivity index (χ4v) is 4.66. The molecule has 3 aromatic rings. The number of esters is 1. The molecule has 2 atom stereocenters. The van der Waals surface area contributed by atoms with Crippen molar-refractivity contribution in [3.8, 4) is 0 Å². The van der Waals surface area contributed by atoms with Crippen molar-refractivity contribution >= 4 is 23.9 Å². The van der Waals surface area contributed by atoms with Gasteiger partial charge in [-0.15, -0.1) is 0 Å². The van der Waals surface area contributed by atoms with E-state index < -0.39 is 17.9 Å². The lowest BCUT2D eigenvalue weighted by molar-refractivity contribution is -0.151.